The molecule has 2 aromatic rings. The minimum Gasteiger partial charge on any atom is -0.490 e. The first-order chi connectivity index (χ1) is 17.1. The largest absolute Gasteiger partial charge is 0.490 e. The third-order valence-corrected chi connectivity index (χ3v) is 6.89. The molecular formula is C24H29ClF3N5O3. The van der Waals surface area contributed by atoms with Gasteiger partial charge in [-0.3, -0.25) is 14.3 Å². The highest BCUT2D eigenvalue weighted by molar-refractivity contribution is 6.30. The number of alkyl halides is 3. The lowest BCUT2D eigenvalue weighted by molar-refractivity contribution is -0.142. The van der Waals surface area contributed by atoms with Crippen LogP contribution in [-0.2, 0) is 22.3 Å². The van der Waals surface area contributed by atoms with Crippen LogP contribution >= 0.6 is 11.6 Å². The van der Waals surface area contributed by atoms with Crippen LogP contribution in [0.3, 0.4) is 0 Å². The van der Waals surface area contributed by atoms with E-state index in [-0.39, 0.29) is 43.3 Å². The lowest BCUT2D eigenvalue weighted by atomic mass is 9.90. The molecule has 0 saturated carbocycles. The van der Waals surface area contributed by atoms with Crippen molar-refractivity contribution in [1.82, 2.24) is 24.5 Å². The Kier molecular flexibility index (Phi) is 8.09. The second-order valence-corrected chi connectivity index (χ2v) is 9.72. The van der Waals surface area contributed by atoms with E-state index in [1.807, 2.05) is 11.9 Å². The Hall–Kier alpha value is -2.79. The van der Waals surface area contributed by atoms with E-state index < -0.39 is 11.9 Å². The molecule has 2 fully saturated rings. The molecule has 0 N–H and O–H groups in total. The highest BCUT2D eigenvalue weighted by Gasteiger charge is 2.37. The zero-order valence-electron chi connectivity index (χ0n) is 20.0. The fraction of sp³-hybridized carbons (Fsp3) is 0.542. The topological polar surface area (TPSA) is 70.9 Å². The second-order valence-electron chi connectivity index (χ2n) is 9.28. The van der Waals surface area contributed by atoms with E-state index in [1.54, 1.807) is 29.2 Å². The number of carbonyl (C=O) groups excluding carboxylic acids is 2. The minimum atomic E-state index is -4.57. The summed E-state index contributed by atoms with van der Waals surface area (Å²) in [4.78, 5) is 31.6. The number of likely N-dealkylation sites (N-methyl/N-ethyl adjacent to an activating group) is 1. The van der Waals surface area contributed by atoms with Crippen molar-refractivity contribution in [3.8, 4) is 5.75 Å². The van der Waals surface area contributed by atoms with Gasteiger partial charge in [-0.1, -0.05) is 11.6 Å². The molecule has 2 atom stereocenters. The molecule has 8 nitrogen and oxygen atoms in total. The summed E-state index contributed by atoms with van der Waals surface area (Å²) < 4.78 is 45.8. The average molecular weight is 528 g/mol. The van der Waals surface area contributed by atoms with E-state index in [2.05, 4.69) is 10.00 Å². The van der Waals surface area contributed by atoms with Gasteiger partial charge >= 0.3 is 6.18 Å². The quantitative estimate of drug-likeness (QED) is 0.577. The zero-order valence-corrected chi connectivity index (χ0v) is 20.7. The van der Waals surface area contributed by atoms with Crippen LogP contribution in [-0.4, -0.2) is 88.7 Å². The van der Waals surface area contributed by atoms with Gasteiger partial charge in [-0.25, -0.2) is 0 Å². The molecular weight excluding hydrogens is 499 g/mol. The molecule has 2 aliphatic rings. The van der Waals surface area contributed by atoms with Crippen molar-refractivity contribution in [1.29, 1.82) is 0 Å². The number of hydrogen-bond acceptors (Lipinski definition) is 5. The van der Waals surface area contributed by atoms with Crippen molar-refractivity contribution >= 4 is 23.4 Å². The molecule has 0 spiro atoms. The molecule has 0 bridgehead atoms. The molecule has 1 aromatic heterocycles. The Labute approximate surface area is 212 Å². The highest BCUT2D eigenvalue weighted by Crippen LogP contribution is 2.29. The highest BCUT2D eigenvalue weighted by atomic mass is 35.5. The molecule has 36 heavy (non-hydrogen) atoms. The Morgan fingerprint density at radius 2 is 1.72 bits per heavy atom. The van der Waals surface area contributed by atoms with E-state index in [0.29, 0.717) is 36.8 Å². The number of ether oxygens (including phenoxy) is 1. The smallest absolute Gasteiger partial charge is 0.435 e. The number of halogens is 4. The van der Waals surface area contributed by atoms with Gasteiger partial charge < -0.3 is 19.4 Å². The standard InChI is InChI=1S/C24H29ClF3N5O3/c1-30-10-12-31(13-11-30)22(34)14-17-15-32(8-6-20(17)36-19-4-2-18(25)3-5-19)23(35)16-33-9-7-21(29-33)24(26,27)28/h2-5,7,9,17,20H,6,8,10-16H2,1H3/t17-,20-/m0/s1. The monoisotopic (exact) mass is 527 g/mol. The number of likely N-dealkylation sites (tertiary alicyclic amines) is 1. The Bertz CT molecular complexity index is 1050. The van der Waals surface area contributed by atoms with Crippen LogP contribution in [0.2, 0.25) is 5.02 Å². The van der Waals surface area contributed by atoms with Crippen LogP contribution < -0.4 is 4.74 Å². The van der Waals surface area contributed by atoms with Crippen LogP contribution in [0.5, 0.6) is 5.75 Å². The van der Waals surface area contributed by atoms with Gasteiger partial charge in [0.05, 0.1) is 0 Å². The van der Waals surface area contributed by atoms with Gasteiger partial charge in [0, 0.05) is 69.2 Å². The van der Waals surface area contributed by atoms with Crippen molar-refractivity contribution in [2.24, 2.45) is 5.92 Å². The summed E-state index contributed by atoms with van der Waals surface area (Å²) in [5.41, 5.74) is -1.04. The molecule has 0 aliphatic carbocycles. The molecule has 3 heterocycles. The number of benzene rings is 1. The minimum absolute atomic E-state index is 0.00833. The molecule has 196 valence electrons. The molecule has 0 unspecified atom stereocenters. The Morgan fingerprint density at radius 1 is 1.03 bits per heavy atom. The van der Waals surface area contributed by atoms with E-state index in [9.17, 15) is 22.8 Å². The number of carbonyl (C=O) groups is 2. The van der Waals surface area contributed by atoms with E-state index in [0.717, 1.165) is 30.0 Å². The molecule has 2 saturated heterocycles. The first-order valence-electron chi connectivity index (χ1n) is 11.9. The summed E-state index contributed by atoms with van der Waals surface area (Å²) in [5.74, 6) is 0.00847. The van der Waals surface area contributed by atoms with Gasteiger partial charge in [0.25, 0.3) is 0 Å². The lowest BCUT2D eigenvalue weighted by Crippen LogP contribution is -2.52. The van der Waals surface area contributed by atoms with E-state index >= 15 is 0 Å². The van der Waals surface area contributed by atoms with Gasteiger partial charge in [-0.15, -0.1) is 0 Å². The van der Waals surface area contributed by atoms with Crippen molar-refractivity contribution in [3.05, 3.63) is 47.2 Å². The van der Waals surface area contributed by atoms with Crippen molar-refractivity contribution < 1.29 is 27.5 Å². The summed E-state index contributed by atoms with van der Waals surface area (Å²) in [6, 6.07) is 7.81. The summed E-state index contributed by atoms with van der Waals surface area (Å²) >= 11 is 5.97. The maximum atomic E-state index is 13.1. The maximum Gasteiger partial charge on any atom is 0.435 e. The van der Waals surface area contributed by atoms with Gasteiger partial charge in [0.15, 0.2) is 5.69 Å². The average Bonchev–Trinajstić information content (AvgIpc) is 3.31. The maximum absolute atomic E-state index is 13.1. The van der Waals surface area contributed by atoms with Gasteiger partial charge in [-0.05, 0) is 37.4 Å². The predicted molar refractivity (Wildman–Crippen MR) is 126 cm³/mol. The molecule has 12 heteroatoms. The van der Waals surface area contributed by atoms with Crippen molar-refractivity contribution in [2.75, 3.05) is 46.3 Å². The van der Waals surface area contributed by atoms with Gasteiger partial charge in [-0.2, -0.15) is 18.3 Å². The first kappa shape index (κ1) is 26.3. The number of rotatable bonds is 6. The number of hydrogen-bond donors (Lipinski definition) is 0. The number of piperazine rings is 1. The Balaban J connectivity index is 1.43. The lowest BCUT2D eigenvalue weighted by Gasteiger charge is -2.40. The van der Waals surface area contributed by atoms with Gasteiger partial charge in [0.1, 0.15) is 18.4 Å². The van der Waals surface area contributed by atoms with Crippen molar-refractivity contribution in [2.45, 2.75) is 31.7 Å². The molecule has 1 aromatic carbocycles. The second kappa shape index (κ2) is 11.1. The van der Waals surface area contributed by atoms with Crippen LogP contribution in [0.1, 0.15) is 18.5 Å². The summed E-state index contributed by atoms with van der Waals surface area (Å²) in [5, 5.41) is 4.05. The number of aromatic nitrogens is 2. The molecule has 2 aliphatic heterocycles. The van der Waals surface area contributed by atoms with Crippen LogP contribution in [0.25, 0.3) is 0 Å². The molecule has 4 rings (SSSR count). The third-order valence-electron chi connectivity index (χ3n) is 6.64. The number of amides is 2. The van der Waals surface area contributed by atoms with Crippen LogP contribution in [0.15, 0.2) is 36.5 Å². The summed E-state index contributed by atoms with van der Waals surface area (Å²) in [7, 11) is 2.01. The fourth-order valence-corrected chi connectivity index (χ4v) is 4.65. The fourth-order valence-electron chi connectivity index (χ4n) is 4.53. The molecule has 2 amide bonds. The first-order valence-corrected chi connectivity index (χ1v) is 12.2. The number of piperidine rings is 1. The predicted octanol–water partition coefficient (Wildman–Crippen LogP) is 3.02. The normalized spacial score (nSPS) is 21.5. The van der Waals surface area contributed by atoms with Crippen LogP contribution in [0, 0.1) is 5.92 Å². The van der Waals surface area contributed by atoms with Gasteiger partial charge in [0.2, 0.25) is 11.8 Å². The SMILES string of the molecule is CN1CCN(C(=O)C[C@H]2CN(C(=O)Cn3ccc(C(F)(F)F)n3)CC[C@@H]2Oc2ccc(Cl)cc2)CC1. The zero-order chi connectivity index (χ0) is 25.9. The van der Waals surface area contributed by atoms with Crippen LogP contribution in [0.4, 0.5) is 13.2 Å². The van der Waals surface area contributed by atoms with Crippen molar-refractivity contribution in [3.63, 3.8) is 0 Å². The summed E-state index contributed by atoms with van der Waals surface area (Å²) in [6.45, 7) is 3.22. The summed E-state index contributed by atoms with van der Waals surface area (Å²) in [6.07, 6.45) is -3.02. The Morgan fingerprint density at radius 3 is 2.36 bits per heavy atom. The molecule has 0 radical (unpaired) electrons. The third kappa shape index (κ3) is 6.70. The van der Waals surface area contributed by atoms with E-state index in [1.165, 1.54) is 0 Å². The van der Waals surface area contributed by atoms with E-state index in [4.69, 9.17) is 16.3 Å². The number of nitrogens with zero attached hydrogens (tertiary/aromatic N) is 5.